The number of nitrogens with zero attached hydrogens (tertiary/aromatic N) is 1. The maximum absolute atomic E-state index is 12.6. The lowest BCUT2D eigenvalue weighted by Crippen LogP contribution is -2.14. The number of hydrogen-bond acceptors (Lipinski definition) is 4. The smallest absolute Gasteiger partial charge is 0.257 e. The molecule has 0 bridgehead atoms. The van der Waals surface area contributed by atoms with Gasteiger partial charge in [0.2, 0.25) is 0 Å². The second-order valence-electron chi connectivity index (χ2n) is 6.57. The molecule has 0 radical (unpaired) electrons. The highest BCUT2D eigenvalue weighted by Crippen LogP contribution is 2.29. The van der Waals surface area contributed by atoms with Crippen LogP contribution in [0.4, 0.5) is 11.5 Å². The third-order valence-corrected chi connectivity index (χ3v) is 3.82. The fourth-order valence-corrected chi connectivity index (χ4v) is 2.41. The summed E-state index contributed by atoms with van der Waals surface area (Å²) in [5.74, 6) is 2.34. The van der Waals surface area contributed by atoms with Gasteiger partial charge in [0, 0.05) is 12.7 Å². The van der Waals surface area contributed by atoms with Crippen LogP contribution in [0.25, 0.3) is 0 Å². The number of aromatic nitrogens is 1. The van der Waals surface area contributed by atoms with Crippen molar-refractivity contribution in [1.82, 2.24) is 4.98 Å². The molecule has 3 rings (SSSR count). The molecule has 0 spiro atoms. The Hall–Kier alpha value is -3.34. The Morgan fingerprint density at radius 1 is 1.00 bits per heavy atom. The van der Waals surface area contributed by atoms with Crippen molar-refractivity contribution in [3.63, 3.8) is 0 Å². The highest BCUT2D eigenvalue weighted by atomic mass is 16.5. The molecular weight excluding hydrogens is 338 g/mol. The van der Waals surface area contributed by atoms with Gasteiger partial charge in [-0.1, -0.05) is 44.2 Å². The van der Waals surface area contributed by atoms with Gasteiger partial charge in [-0.05, 0) is 42.3 Å². The van der Waals surface area contributed by atoms with E-state index in [-0.39, 0.29) is 5.91 Å². The fraction of sp³-hybridized carbons (Fsp3) is 0.182. The zero-order valence-electron chi connectivity index (χ0n) is 15.5. The van der Waals surface area contributed by atoms with E-state index < -0.39 is 0 Å². The van der Waals surface area contributed by atoms with E-state index in [0.29, 0.717) is 28.7 Å². The molecular formula is C22H23N3O2. The Labute approximate surface area is 159 Å². The molecule has 0 aliphatic heterocycles. The van der Waals surface area contributed by atoms with Gasteiger partial charge in [0.05, 0.1) is 11.3 Å². The van der Waals surface area contributed by atoms with Crippen molar-refractivity contribution >= 4 is 17.4 Å². The highest BCUT2D eigenvalue weighted by Gasteiger charge is 2.11. The van der Waals surface area contributed by atoms with Crippen LogP contribution >= 0.6 is 0 Å². The number of pyridine rings is 1. The molecule has 5 nitrogen and oxygen atoms in total. The molecule has 27 heavy (non-hydrogen) atoms. The Balaban J connectivity index is 1.69. The summed E-state index contributed by atoms with van der Waals surface area (Å²) in [7, 11) is 0. The minimum atomic E-state index is -0.234. The molecule has 0 fully saturated rings. The van der Waals surface area contributed by atoms with Gasteiger partial charge in [0.25, 0.3) is 5.91 Å². The van der Waals surface area contributed by atoms with Gasteiger partial charge in [0.15, 0.2) is 5.75 Å². The summed E-state index contributed by atoms with van der Waals surface area (Å²) in [6.07, 6.45) is 1.57. The van der Waals surface area contributed by atoms with Crippen molar-refractivity contribution in [3.05, 3.63) is 78.5 Å². The molecule has 2 aromatic carbocycles. The summed E-state index contributed by atoms with van der Waals surface area (Å²) in [4.78, 5) is 16.9. The number of hydrogen-bond donors (Lipinski definition) is 2. The van der Waals surface area contributed by atoms with Crippen molar-refractivity contribution < 1.29 is 9.53 Å². The van der Waals surface area contributed by atoms with Gasteiger partial charge < -0.3 is 15.4 Å². The minimum absolute atomic E-state index is 0.234. The standard InChI is InChI=1S/C22H23N3O2/c1-16(2)14-23-21-13-12-17(15-24-21)22(26)25-19-10-6-7-11-20(19)27-18-8-4-3-5-9-18/h3-13,15-16H,14H2,1-2H3,(H,23,24)(H,25,26). The lowest BCUT2D eigenvalue weighted by atomic mass is 10.2. The predicted molar refractivity (Wildman–Crippen MR) is 108 cm³/mol. The second-order valence-corrected chi connectivity index (χ2v) is 6.57. The normalized spacial score (nSPS) is 10.5. The van der Waals surface area contributed by atoms with Gasteiger partial charge in [0.1, 0.15) is 11.6 Å². The van der Waals surface area contributed by atoms with Crippen LogP contribution in [0.1, 0.15) is 24.2 Å². The van der Waals surface area contributed by atoms with E-state index in [1.54, 1.807) is 12.3 Å². The van der Waals surface area contributed by atoms with Crippen LogP contribution in [0, 0.1) is 5.92 Å². The molecule has 0 saturated carbocycles. The molecule has 1 heterocycles. The van der Waals surface area contributed by atoms with Crippen molar-refractivity contribution in [2.24, 2.45) is 5.92 Å². The number of carbonyl (C=O) groups is 1. The summed E-state index contributed by atoms with van der Waals surface area (Å²) in [6.45, 7) is 5.09. The van der Waals surface area contributed by atoms with Gasteiger partial charge >= 0.3 is 0 Å². The second kappa shape index (κ2) is 8.85. The van der Waals surface area contributed by atoms with Crippen molar-refractivity contribution in [2.75, 3.05) is 17.2 Å². The van der Waals surface area contributed by atoms with E-state index >= 15 is 0 Å². The number of para-hydroxylation sites is 3. The Morgan fingerprint density at radius 3 is 2.44 bits per heavy atom. The van der Waals surface area contributed by atoms with Gasteiger partial charge in [-0.25, -0.2) is 4.98 Å². The topological polar surface area (TPSA) is 63.2 Å². The first kappa shape index (κ1) is 18.5. The average molecular weight is 361 g/mol. The van der Waals surface area contributed by atoms with Crippen molar-refractivity contribution in [3.8, 4) is 11.5 Å². The zero-order valence-corrected chi connectivity index (χ0v) is 15.5. The Kier molecular flexibility index (Phi) is 6.05. The summed E-state index contributed by atoms with van der Waals surface area (Å²) < 4.78 is 5.88. The fourth-order valence-electron chi connectivity index (χ4n) is 2.41. The van der Waals surface area contributed by atoms with Gasteiger partial charge in [-0.15, -0.1) is 0 Å². The molecule has 138 valence electrons. The van der Waals surface area contributed by atoms with Crippen LogP contribution < -0.4 is 15.4 Å². The van der Waals surface area contributed by atoms with Crippen LogP contribution in [0.2, 0.25) is 0 Å². The highest BCUT2D eigenvalue weighted by molar-refractivity contribution is 6.04. The first-order valence-electron chi connectivity index (χ1n) is 8.95. The molecule has 0 unspecified atom stereocenters. The SMILES string of the molecule is CC(C)CNc1ccc(C(=O)Nc2ccccc2Oc2ccccc2)cn1. The predicted octanol–water partition coefficient (Wildman–Crippen LogP) is 5.19. The molecule has 0 aliphatic carbocycles. The molecule has 0 saturated heterocycles. The van der Waals surface area contributed by atoms with Crippen LogP contribution in [-0.2, 0) is 0 Å². The Morgan fingerprint density at radius 2 is 1.74 bits per heavy atom. The third kappa shape index (κ3) is 5.31. The monoisotopic (exact) mass is 361 g/mol. The first-order valence-corrected chi connectivity index (χ1v) is 8.95. The zero-order chi connectivity index (χ0) is 19.1. The molecule has 5 heteroatoms. The number of anilines is 2. The van der Waals surface area contributed by atoms with Crippen LogP contribution in [0.5, 0.6) is 11.5 Å². The average Bonchev–Trinajstić information content (AvgIpc) is 2.69. The number of benzene rings is 2. The molecule has 3 aromatic rings. The van der Waals surface area contributed by atoms with Gasteiger partial charge in [-0.3, -0.25) is 4.79 Å². The molecule has 2 N–H and O–H groups in total. The lowest BCUT2D eigenvalue weighted by molar-refractivity contribution is 0.102. The van der Waals surface area contributed by atoms with E-state index in [9.17, 15) is 4.79 Å². The number of rotatable bonds is 7. The van der Waals surface area contributed by atoms with E-state index in [2.05, 4.69) is 29.5 Å². The number of ether oxygens (including phenoxy) is 1. The quantitative estimate of drug-likeness (QED) is 0.607. The van der Waals surface area contributed by atoms with E-state index in [1.807, 2.05) is 60.7 Å². The lowest BCUT2D eigenvalue weighted by Gasteiger charge is -2.12. The van der Waals surface area contributed by atoms with Gasteiger partial charge in [-0.2, -0.15) is 0 Å². The van der Waals surface area contributed by atoms with Crippen LogP contribution in [0.3, 0.4) is 0 Å². The van der Waals surface area contributed by atoms with Crippen LogP contribution in [-0.4, -0.2) is 17.4 Å². The Bertz CT molecular complexity index is 878. The molecule has 0 aliphatic rings. The summed E-state index contributed by atoms with van der Waals surface area (Å²) in [5, 5.41) is 6.13. The minimum Gasteiger partial charge on any atom is -0.455 e. The molecule has 1 aromatic heterocycles. The van der Waals surface area contributed by atoms with E-state index in [1.165, 1.54) is 0 Å². The number of nitrogens with one attached hydrogen (secondary N) is 2. The summed E-state index contributed by atoms with van der Waals surface area (Å²) in [5.41, 5.74) is 1.09. The summed E-state index contributed by atoms with van der Waals surface area (Å²) in [6, 6.07) is 20.4. The maximum atomic E-state index is 12.6. The van der Waals surface area contributed by atoms with Crippen molar-refractivity contribution in [1.29, 1.82) is 0 Å². The van der Waals surface area contributed by atoms with E-state index in [0.717, 1.165) is 12.4 Å². The van der Waals surface area contributed by atoms with Crippen LogP contribution in [0.15, 0.2) is 72.9 Å². The number of amides is 1. The molecule has 1 amide bonds. The summed E-state index contributed by atoms with van der Waals surface area (Å²) >= 11 is 0. The number of carbonyl (C=O) groups excluding carboxylic acids is 1. The first-order chi connectivity index (χ1) is 13.1. The molecule has 0 atom stereocenters. The van der Waals surface area contributed by atoms with E-state index in [4.69, 9.17) is 4.74 Å². The largest absolute Gasteiger partial charge is 0.455 e. The maximum Gasteiger partial charge on any atom is 0.257 e. The third-order valence-electron chi connectivity index (χ3n) is 3.82. The van der Waals surface area contributed by atoms with Crippen molar-refractivity contribution in [2.45, 2.75) is 13.8 Å².